The maximum Gasteiger partial charge on any atom is 0.0557 e. The van der Waals surface area contributed by atoms with Crippen LogP contribution in [0.5, 0.6) is 0 Å². The number of benzene rings is 1. The molecule has 3 N–H and O–H groups in total. The largest absolute Gasteiger partial charge is 0.398 e. The Morgan fingerprint density at radius 1 is 1.50 bits per heavy atom. The van der Waals surface area contributed by atoms with Gasteiger partial charge in [0.05, 0.1) is 6.10 Å². The molecule has 1 aromatic carbocycles. The number of anilines is 2. The predicted molar refractivity (Wildman–Crippen MR) is 67.6 cm³/mol. The lowest BCUT2D eigenvalue weighted by atomic mass is 10.0. The van der Waals surface area contributed by atoms with Gasteiger partial charge in [0, 0.05) is 30.4 Å². The molecule has 2 rings (SSSR count). The summed E-state index contributed by atoms with van der Waals surface area (Å²) in [7, 11) is 0. The van der Waals surface area contributed by atoms with Crippen molar-refractivity contribution in [2.45, 2.75) is 26.4 Å². The number of rotatable bonds is 2. The second kappa shape index (κ2) is 4.34. The van der Waals surface area contributed by atoms with Gasteiger partial charge in [0.15, 0.2) is 0 Å². The topological polar surface area (TPSA) is 49.5 Å². The molecule has 1 aliphatic rings. The van der Waals surface area contributed by atoms with Crippen molar-refractivity contribution in [2.24, 2.45) is 5.92 Å². The molecule has 1 fully saturated rings. The first-order valence-corrected chi connectivity index (χ1v) is 5.87. The number of nitrogens with two attached hydrogens (primary N) is 1. The van der Waals surface area contributed by atoms with Crippen LogP contribution < -0.4 is 10.6 Å². The average molecular weight is 220 g/mol. The molecule has 0 spiro atoms. The van der Waals surface area contributed by atoms with Gasteiger partial charge in [-0.15, -0.1) is 0 Å². The molecule has 0 bridgehead atoms. The fraction of sp³-hybridized carbons (Fsp3) is 0.538. The zero-order valence-corrected chi connectivity index (χ0v) is 9.98. The van der Waals surface area contributed by atoms with E-state index in [1.165, 1.54) is 5.69 Å². The molecular weight excluding hydrogens is 200 g/mol. The third-order valence-electron chi connectivity index (χ3n) is 3.53. The van der Waals surface area contributed by atoms with Crippen LogP contribution >= 0.6 is 0 Å². The summed E-state index contributed by atoms with van der Waals surface area (Å²) in [6, 6.07) is 6.19. The summed E-state index contributed by atoms with van der Waals surface area (Å²) in [6.45, 7) is 5.83. The van der Waals surface area contributed by atoms with Crippen molar-refractivity contribution in [1.82, 2.24) is 0 Å². The molecule has 0 aliphatic carbocycles. The van der Waals surface area contributed by atoms with Crippen LogP contribution in [0.15, 0.2) is 18.2 Å². The fourth-order valence-corrected chi connectivity index (χ4v) is 2.24. The lowest BCUT2D eigenvalue weighted by Gasteiger charge is -2.20. The van der Waals surface area contributed by atoms with Crippen LogP contribution in [0.25, 0.3) is 0 Å². The Hall–Kier alpha value is -1.22. The van der Waals surface area contributed by atoms with E-state index in [1.807, 2.05) is 19.9 Å². The maximum absolute atomic E-state index is 9.56. The normalized spacial score (nSPS) is 22.4. The molecule has 88 valence electrons. The summed E-state index contributed by atoms with van der Waals surface area (Å²) in [5, 5.41) is 9.56. The molecule has 0 saturated carbocycles. The Balaban J connectivity index is 2.11. The molecule has 0 amide bonds. The summed E-state index contributed by atoms with van der Waals surface area (Å²) >= 11 is 0. The Bertz CT molecular complexity index is 376. The van der Waals surface area contributed by atoms with E-state index in [1.54, 1.807) is 0 Å². The van der Waals surface area contributed by atoms with Crippen LogP contribution in [0.4, 0.5) is 11.4 Å². The highest BCUT2D eigenvalue weighted by atomic mass is 16.3. The smallest absolute Gasteiger partial charge is 0.0557 e. The number of aliphatic hydroxyl groups is 1. The van der Waals surface area contributed by atoms with Gasteiger partial charge in [0.2, 0.25) is 0 Å². The van der Waals surface area contributed by atoms with Gasteiger partial charge >= 0.3 is 0 Å². The van der Waals surface area contributed by atoms with Crippen molar-refractivity contribution in [3.8, 4) is 0 Å². The highest BCUT2D eigenvalue weighted by molar-refractivity contribution is 5.60. The van der Waals surface area contributed by atoms with E-state index in [4.69, 9.17) is 5.73 Å². The van der Waals surface area contributed by atoms with Gasteiger partial charge in [-0.05, 0) is 38.0 Å². The van der Waals surface area contributed by atoms with E-state index < -0.39 is 0 Å². The maximum atomic E-state index is 9.56. The lowest BCUT2D eigenvalue weighted by molar-refractivity contribution is 0.136. The fourth-order valence-electron chi connectivity index (χ4n) is 2.24. The van der Waals surface area contributed by atoms with Gasteiger partial charge in [-0.2, -0.15) is 0 Å². The average Bonchev–Trinajstić information content (AvgIpc) is 2.71. The molecule has 0 radical (unpaired) electrons. The zero-order valence-electron chi connectivity index (χ0n) is 9.98. The molecule has 2 unspecified atom stereocenters. The van der Waals surface area contributed by atoms with Crippen molar-refractivity contribution in [1.29, 1.82) is 0 Å². The summed E-state index contributed by atoms with van der Waals surface area (Å²) in [6.07, 6.45) is 0.846. The van der Waals surface area contributed by atoms with Crippen molar-refractivity contribution in [3.63, 3.8) is 0 Å². The number of aryl methyl sites for hydroxylation is 1. The van der Waals surface area contributed by atoms with Gasteiger partial charge in [0.25, 0.3) is 0 Å². The van der Waals surface area contributed by atoms with Gasteiger partial charge < -0.3 is 15.7 Å². The quantitative estimate of drug-likeness (QED) is 0.747. The standard InChI is InChI=1S/C13H20N2O/c1-9-3-4-12(7-13(9)14)15-6-5-11(8-15)10(2)16/h3-4,7,10-11,16H,5-6,8,14H2,1-2H3. The van der Waals surface area contributed by atoms with E-state index >= 15 is 0 Å². The van der Waals surface area contributed by atoms with Crippen molar-refractivity contribution in [3.05, 3.63) is 23.8 Å². The molecule has 16 heavy (non-hydrogen) atoms. The van der Waals surface area contributed by atoms with Crippen LogP contribution in [-0.2, 0) is 0 Å². The van der Waals surface area contributed by atoms with E-state index in [-0.39, 0.29) is 6.10 Å². The molecule has 3 nitrogen and oxygen atoms in total. The van der Waals surface area contributed by atoms with Gasteiger partial charge in [-0.25, -0.2) is 0 Å². The second-order valence-corrected chi connectivity index (χ2v) is 4.78. The number of hydrogen-bond acceptors (Lipinski definition) is 3. The summed E-state index contributed by atoms with van der Waals surface area (Å²) in [5.41, 5.74) is 9.04. The summed E-state index contributed by atoms with van der Waals surface area (Å²) in [5.74, 6) is 0.391. The third-order valence-corrected chi connectivity index (χ3v) is 3.53. The summed E-state index contributed by atoms with van der Waals surface area (Å²) < 4.78 is 0. The first-order valence-electron chi connectivity index (χ1n) is 5.87. The zero-order chi connectivity index (χ0) is 11.7. The Kier molecular flexibility index (Phi) is 3.06. The van der Waals surface area contributed by atoms with Crippen LogP contribution in [0.1, 0.15) is 18.9 Å². The molecule has 1 saturated heterocycles. The Labute approximate surface area is 96.9 Å². The molecule has 3 heteroatoms. The molecule has 1 aromatic rings. The number of aliphatic hydroxyl groups excluding tert-OH is 1. The molecular formula is C13H20N2O. The van der Waals surface area contributed by atoms with Crippen LogP contribution in [0, 0.1) is 12.8 Å². The second-order valence-electron chi connectivity index (χ2n) is 4.78. The van der Waals surface area contributed by atoms with Crippen molar-refractivity contribution in [2.75, 3.05) is 23.7 Å². The van der Waals surface area contributed by atoms with Gasteiger partial charge in [0.1, 0.15) is 0 Å². The summed E-state index contributed by atoms with van der Waals surface area (Å²) in [4.78, 5) is 2.30. The van der Waals surface area contributed by atoms with Crippen LogP contribution in [0.2, 0.25) is 0 Å². The van der Waals surface area contributed by atoms with E-state index in [9.17, 15) is 5.11 Å². The minimum Gasteiger partial charge on any atom is -0.398 e. The monoisotopic (exact) mass is 220 g/mol. The van der Waals surface area contributed by atoms with E-state index in [0.717, 1.165) is 30.8 Å². The number of nitrogen functional groups attached to an aromatic ring is 1. The Morgan fingerprint density at radius 3 is 2.81 bits per heavy atom. The first kappa shape index (κ1) is 11.3. The highest BCUT2D eigenvalue weighted by Crippen LogP contribution is 2.27. The predicted octanol–water partition coefficient (Wildman–Crippen LogP) is 1.78. The SMILES string of the molecule is Cc1ccc(N2CCC(C(C)O)C2)cc1N. The highest BCUT2D eigenvalue weighted by Gasteiger charge is 2.26. The van der Waals surface area contributed by atoms with E-state index in [2.05, 4.69) is 17.0 Å². The molecule has 0 aromatic heterocycles. The number of nitrogens with zero attached hydrogens (tertiary/aromatic N) is 1. The molecule has 1 heterocycles. The minimum atomic E-state index is -0.215. The lowest BCUT2D eigenvalue weighted by Crippen LogP contribution is -2.23. The Morgan fingerprint density at radius 2 is 2.25 bits per heavy atom. The van der Waals surface area contributed by atoms with Crippen LogP contribution in [-0.4, -0.2) is 24.3 Å². The molecule has 2 atom stereocenters. The van der Waals surface area contributed by atoms with Gasteiger partial charge in [-0.1, -0.05) is 6.07 Å². The first-order chi connectivity index (χ1) is 7.58. The molecule has 1 aliphatic heterocycles. The van der Waals surface area contributed by atoms with Crippen LogP contribution in [0.3, 0.4) is 0 Å². The van der Waals surface area contributed by atoms with E-state index in [0.29, 0.717) is 5.92 Å². The number of hydrogen-bond donors (Lipinski definition) is 2. The van der Waals surface area contributed by atoms with Crippen molar-refractivity contribution < 1.29 is 5.11 Å². The minimum absolute atomic E-state index is 0.215. The van der Waals surface area contributed by atoms with Gasteiger partial charge in [-0.3, -0.25) is 0 Å². The van der Waals surface area contributed by atoms with Crippen molar-refractivity contribution >= 4 is 11.4 Å². The third kappa shape index (κ3) is 2.14.